The number of hydrogen-bond donors (Lipinski definition) is 2. The van der Waals surface area contributed by atoms with E-state index in [0.717, 1.165) is 0 Å². The van der Waals surface area contributed by atoms with Gasteiger partial charge in [0.05, 0.1) is 0 Å². The molecule has 0 fully saturated rings. The topological polar surface area (TPSA) is 116 Å². The van der Waals surface area contributed by atoms with Crippen LogP contribution in [0.1, 0.15) is 18.7 Å². The number of carbonyl (C=O) groups excluding carboxylic acids is 1. The Bertz CT molecular complexity index is 440. The van der Waals surface area contributed by atoms with E-state index in [4.69, 9.17) is 5.73 Å². The zero-order valence-electron chi connectivity index (χ0n) is 9.77. The van der Waals surface area contributed by atoms with Gasteiger partial charge in [0.1, 0.15) is 0 Å². The van der Waals surface area contributed by atoms with Crippen LogP contribution in [0.15, 0.2) is 0 Å². The molecule has 0 atom stereocenters. The van der Waals surface area contributed by atoms with Crippen molar-refractivity contribution in [3.63, 3.8) is 0 Å². The van der Waals surface area contributed by atoms with E-state index in [9.17, 15) is 14.9 Å². The number of primary amides is 1. The van der Waals surface area contributed by atoms with Gasteiger partial charge in [-0.25, -0.2) is 0 Å². The highest BCUT2D eigenvalue weighted by Gasteiger charge is 2.22. The van der Waals surface area contributed by atoms with Gasteiger partial charge in [0.25, 0.3) is 0 Å². The first kappa shape index (κ1) is 12.9. The average molecular weight is 241 g/mol. The molecule has 0 aromatic carbocycles. The van der Waals surface area contributed by atoms with Crippen molar-refractivity contribution >= 4 is 17.5 Å². The zero-order chi connectivity index (χ0) is 13.0. The summed E-state index contributed by atoms with van der Waals surface area (Å²) in [5.41, 5.74) is 4.99. The van der Waals surface area contributed by atoms with E-state index in [1.165, 1.54) is 0 Å². The average Bonchev–Trinajstić information content (AvgIpc) is 2.51. The summed E-state index contributed by atoms with van der Waals surface area (Å²) in [6, 6.07) is 0. The lowest BCUT2D eigenvalue weighted by molar-refractivity contribution is -0.388. The van der Waals surface area contributed by atoms with Crippen LogP contribution in [0.4, 0.5) is 11.6 Å². The molecule has 1 aromatic rings. The number of aryl methyl sites for hydroxylation is 1. The SMILES string of the molecule is Cc1nc([N+](=O)[O-])c(NCCCC(N)=O)n1C. The Morgan fingerprint density at radius 3 is 2.82 bits per heavy atom. The molecular weight excluding hydrogens is 226 g/mol. The number of amides is 1. The Morgan fingerprint density at radius 1 is 1.65 bits per heavy atom. The van der Waals surface area contributed by atoms with Crippen molar-refractivity contribution < 1.29 is 9.72 Å². The molecule has 0 unspecified atom stereocenters. The molecule has 1 amide bonds. The van der Waals surface area contributed by atoms with Crippen molar-refractivity contribution in [2.24, 2.45) is 12.8 Å². The third-order valence-corrected chi connectivity index (χ3v) is 2.37. The third-order valence-electron chi connectivity index (χ3n) is 2.37. The number of anilines is 1. The highest BCUT2D eigenvalue weighted by molar-refractivity contribution is 5.73. The molecule has 0 aliphatic heterocycles. The van der Waals surface area contributed by atoms with Crippen LogP contribution in [-0.2, 0) is 11.8 Å². The fourth-order valence-corrected chi connectivity index (χ4v) is 1.39. The minimum absolute atomic E-state index is 0.205. The first-order valence-corrected chi connectivity index (χ1v) is 5.13. The van der Waals surface area contributed by atoms with Gasteiger partial charge in [-0.1, -0.05) is 0 Å². The molecule has 8 nitrogen and oxygen atoms in total. The largest absolute Gasteiger partial charge is 0.406 e. The summed E-state index contributed by atoms with van der Waals surface area (Å²) < 4.78 is 1.60. The van der Waals surface area contributed by atoms with Gasteiger partial charge in [-0.3, -0.25) is 9.36 Å². The molecule has 0 bridgehead atoms. The minimum atomic E-state index is -0.538. The van der Waals surface area contributed by atoms with Crippen LogP contribution in [0.3, 0.4) is 0 Å². The molecule has 1 aromatic heterocycles. The maximum absolute atomic E-state index is 10.7. The summed E-state index contributed by atoms with van der Waals surface area (Å²) in [6.07, 6.45) is 0.772. The predicted octanol–water partition coefficient (Wildman–Crippen LogP) is 0.314. The lowest BCUT2D eigenvalue weighted by Gasteiger charge is -2.05. The Labute approximate surface area is 98.0 Å². The fraction of sp³-hybridized carbons (Fsp3) is 0.556. The normalized spacial score (nSPS) is 10.2. The molecule has 0 saturated carbocycles. The number of rotatable bonds is 6. The molecular formula is C9H15N5O3. The highest BCUT2D eigenvalue weighted by Crippen LogP contribution is 2.23. The van der Waals surface area contributed by atoms with E-state index in [0.29, 0.717) is 24.6 Å². The van der Waals surface area contributed by atoms with Crippen molar-refractivity contribution in [2.45, 2.75) is 19.8 Å². The van der Waals surface area contributed by atoms with E-state index in [1.807, 2.05) is 0 Å². The summed E-state index contributed by atoms with van der Waals surface area (Å²) in [5.74, 6) is 0.303. The Morgan fingerprint density at radius 2 is 2.29 bits per heavy atom. The summed E-state index contributed by atoms with van der Waals surface area (Å²) in [6.45, 7) is 2.12. The molecule has 1 rings (SSSR count). The third kappa shape index (κ3) is 3.16. The Kier molecular flexibility index (Phi) is 4.02. The van der Waals surface area contributed by atoms with Crippen LogP contribution >= 0.6 is 0 Å². The molecule has 0 spiro atoms. The van der Waals surface area contributed by atoms with Crippen molar-refractivity contribution in [2.75, 3.05) is 11.9 Å². The lowest BCUT2D eigenvalue weighted by Crippen LogP contribution is -2.14. The van der Waals surface area contributed by atoms with E-state index in [2.05, 4.69) is 10.3 Å². The molecule has 1 heterocycles. The van der Waals surface area contributed by atoms with Crippen molar-refractivity contribution in [3.05, 3.63) is 15.9 Å². The number of hydrogen-bond acceptors (Lipinski definition) is 5. The first-order chi connectivity index (χ1) is 7.93. The van der Waals surface area contributed by atoms with Crippen molar-refractivity contribution in [1.29, 1.82) is 0 Å². The zero-order valence-corrected chi connectivity index (χ0v) is 9.77. The standard InChI is InChI=1S/C9H15N5O3/c1-6-12-9(14(16)17)8(13(6)2)11-5-3-4-7(10)15/h11H,3-5H2,1-2H3,(H2,10,15). The monoisotopic (exact) mass is 241 g/mol. The maximum atomic E-state index is 10.7. The second-order valence-electron chi connectivity index (χ2n) is 3.64. The van der Waals surface area contributed by atoms with Crippen LogP contribution in [0.5, 0.6) is 0 Å². The fourth-order valence-electron chi connectivity index (χ4n) is 1.39. The van der Waals surface area contributed by atoms with Crippen LogP contribution < -0.4 is 11.1 Å². The number of carbonyl (C=O) groups is 1. The Hall–Kier alpha value is -2.12. The summed E-state index contributed by atoms with van der Waals surface area (Å²) in [5, 5.41) is 13.6. The smallest absolute Gasteiger partial charge is 0.370 e. The van der Waals surface area contributed by atoms with Gasteiger partial charge >= 0.3 is 5.82 Å². The molecule has 0 saturated heterocycles. The molecule has 0 aliphatic carbocycles. The molecule has 0 aliphatic rings. The first-order valence-electron chi connectivity index (χ1n) is 5.13. The number of nitro groups is 1. The second kappa shape index (κ2) is 5.28. The van der Waals surface area contributed by atoms with Gasteiger partial charge in [-0.15, -0.1) is 0 Å². The molecule has 3 N–H and O–H groups in total. The Balaban J connectivity index is 2.69. The van der Waals surface area contributed by atoms with E-state index in [-0.39, 0.29) is 18.1 Å². The number of aromatic nitrogens is 2. The van der Waals surface area contributed by atoms with E-state index >= 15 is 0 Å². The number of nitrogens with two attached hydrogens (primary N) is 1. The maximum Gasteiger partial charge on any atom is 0.406 e. The molecule has 94 valence electrons. The van der Waals surface area contributed by atoms with Gasteiger partial charge < -0.3 is 21.2 Å². The van der Waals surface area contributed by atoms with Crippen molar-refractivity contribution in [1.82, 2.24) is 9.55 Å². The summed E-state index contributed by atoms with van der Waals surface area (Å²) in [4.78, 5) is 24.6. The number of nitrogens with one attached hydrogen (secondary N) is 1. The quantitative estimate of drug-likeness (QED) is 0.422. The van der Waals surface area contributed by atoms with Gasteiger partial charge in [0, 0.05) is 26.9 Å². The van der Waals surface area contributed by atoms with Crippen LogP contribution in [-0.4, -0.2) is 26.9 Å². The minimum Gasteiger partial charge on any atom is -0.370 e. The van der Waals surface area contributed by atoms with Crippen LogP contribution in [0, 0.1) is 17.0 Å². The van der Waals surface area contributed by atoms with E-state index < -0.39 is 4.92 Å². The summed E-state index contributed by atoms with van der Waals surface area (Å²) in [7, 11) is 1.69. The van der Waals surface area contributed by atoms with Crippen LogP contribution in [0.2, 0.25) is 0 Å². The molecule has 17 heavy (non-hydrogen) atoms. The molecule has 8 heteroatoms. The van der Waals surface area contributed by atoms with Gasteiger partial charge in [-0.2, -0.15) is 0 Å². The highest BCUT2D eigenvalue weighted by atomic mass is 16.6. The van der Waals surface area contributed by atoms with Gasteiger partial charge in [-0.05, 0) is 16.3 Å². The lowest BCUT2D eigenvalue weighted by atomic mass is 10.3. The summed E-state index contributed by atoms with van der Waals surface area (Å²) >= 11 is 0. The number of nitrogens with zero attached hydrogens (tertiary/aromatic N) is 3. The molecule has 0 radical (unpaired) electrons. The van der Waals surface area contributed by atoms with Crippen molar-refractivity contribution in [3.8, 4) is 0 Å². The van der Waals surface area contributed by atoms with Gasteiger partial charge in [0.2, 0.25) is 17.5 Å². The predicted molar refractivity (Wildman–Crippen MR) is 61.5 cm³/mol. The van der Waals surface area contributed by atoms with E-state index in [1.54, 1.807) is 18.5 Å². The van der Waals surface area contributed by atoms with Gasteiger partial charge in [0.15, 0.2) is 0 Å². The second-order valence-corrected chi connectivity index (χ2v) is 3.64. The number of imidazole rings is 1. The van der Waals surface area contributed by atoms with Crippen LogP contribution in [0.25, 0.3) is 0 Å².